The molecule has 0 amide bonds. The summed E-state index contributed by atoms with van der Waals surface area (Å²) in [6.07, 6.45) is -8.22. The number of aliphatic hydroxyl groups excluding tert-OH is 3. The predicted molar refractivity (Wildman–Crippen MR) is 190 cm³/mol. The zero-order valence-electron chi connectivity index (χ0n) is 33.2. The fraction of sp³-hybridized carbons (Fsp3) is 0.973. The van der Waals surface area contributed by atoms with Gasteiger partial charge < -0.3 is 64.2 Å². The highest BCUT2D eigenvalue weighted by molar-refractivity contribution is 5.73. The molecule has 0 aromatic rings. The van der Waals surface area contributed by atoms with E-state index in [1.165, 1.54) is 14.0 Å². The molecule has 15 unspecified atom stereocenters. The molecule has 300 valence electrons. The van der Waals surface area contributed by atoms with Gasteiger partial charge in [0.1, 0.15) is 30.0 Å². The molecule has 3 rings (SSSR count). The van der Waals surface area contributed by atoms with E-state index in [0.717, 1.165) is 0 Å². The number of aliphatic hydroxyl groups is 5. The maximum atomic E-state index is 14.1. The lowest BCUT2D eigenvalue weighted by Crippen LogP contribution is -2.60. The van der Waals surface area contributed by atoms with Gasteiger partial charge in [-0.25, -0.2) is 0 Å². The van der Waals surface area contributed by atoms with E-state index in [9.17, 15) is 30.3 Å². The van der Waals surface area contributed by atoms with Crippen molar-refractivity contribution in [2.24, 2.45) is 17.8 Å². The first-order valence-electron chi connectivity index (χ1n) is 18.8. The van der Waals surface area contributed by atoms with Crippen molar-refractivity contribution in [3.05, 3.63) is 0 Å². The minimum absolute atomic E-state index is 0.132. The van der Waals surface area contributed by atoms with E-state index in [2.05, 4.69) is 5.32 Å². The third-order valence-corrected chi connectivity index (χ3v) is 11.7. The van der Waals surface area contributed by atoms with Crippen molar-refractivity contribution in [1.29, 1.82) is 0 Å². The predicted octanol–water partition coefficient (Wildman–Crippen LogP) is 1.56. The van der Waals surface area contributed by atoms with Gasteiger partial charge in [0, 0.05) is 31.5 Å². The van der Waals surface area contributed by atoms with Gasteiger partial charge in [0.2, 0.25) is 0 Å². The maximum absolute atomic E-state index is 14.1. The zero-order chi connectivity index (χ0) is 38.8. The van der Waals surface area contributed by atoms with Crippen LogP contribution in [0.5, 0.6) is 0 Å². The van der Waals surface area contributed by atoms with E-state index in [0.29, 0.717) is 13.0 Å². The quantitative estimate of drug-likeness (QED) is 0.207. The Balaban J connectivity index is 2.15. The molecule has 14 nitrogen and oxygen atoms in total. The molecule has 0 bridgehead atoms. The number of carbonyl (C=O) groups excluding carboxylic acids is 1. The average molecular weight is 735 g/mol. The smallest absolute Gasteiger partial charge is 0.311 e. The summed E-state index contributed by atoms with van der Waals surface area (Å²) in [5, 5.41) is 60.9. The van der Waals surface area contributed by atoms with Gasteiger partial charge in [-0.15, -0.1) is 0 Å². The van der Waals surface area contributed by atoms with Crippen LogP contribution in [0.25, 0.3) is 0 Å². The van der Waals surface area contributed by atoms with Gasteiger partial charge in [0.25, 0.3) is 0 Å². The number of methoxy groups -OCH3 is 1. The van der Waals surface area contributed by atoms with E-state index in [-0.39, 0.29) is 37.3 Å². The van der Waals surface area contributed by atoms with Gasteiger partial charge in [-0.05, 0) is 94.3 Å². The topological polar surface area (TPSA) is 189 Å². The van der Waals surface area contributed by atoms with E-state index in [1.807, 2.05) is 39.8 Å². The molecule has 0 aliphatic carbocycles. The summed E-state index contributed by atoms with van der Waals surface area (Å²) in [6, 6.07) is -0.858. The highest BCUT2D eigenvalue weighted by Crippen LogP contribution is 2.40. The van der Waals surface area contributed by atoms with Crippen LogP contribution in [0.3, 0.4) is 0 Å². The molecule has 3 fully saturated rings. The number of likely N-dealkylation sites (N-methyl/N-ethyl adjacent to an activating group) is 1. The van der Waals surface area contributed by atoms with Crippen molar-refractivity contribution < 1.29 is 58.7 Å². The van der Waals surface area contributed by atoms with Gasteiger partial charge >= 0.3 is 5.97 Å². The van der Waals surface area contributed by atoms with Gasteiger partial charge in [-0.3, -0.25) is 4.79 Å². The third-order valence-electron chi connectivity index (χ3n) is 11.7. The SMILES string of the molecule is CCC1OC(=O)C(C)C(OC2CC(C)(OC)C(O)C(C)O2)C(C)C(OC2OC(C)CC(N(C)C)C2O)C(C)(O)C[C@@H](C)CN[C@H](C)C(O)[C@]1(C)O. The Kier molecular flexibility index (Phi) is 15.3. The van der Waals surface area contributed by atoms with Crippen LogP contribution in [0.15, 0.2) is 0 Å². The van der Waals surface area contributed by atoms with Crippen LogP contribution < -0.4 is 5.32 Å². The molecule has 3 heterocycles. The second kappa shape index (κ2) is 17.6. The van der Waals surface area contributed by atoms with Crippen molar-refractivity contribution in [3.63, 3.8) is 0 Å². The van der Waals surface area contributed by atoms with Crippen LogP contribution in [0.4, 0.5) is 0 Å². The molecule has 0 spiro atoms. The van der Waals surface area contributed by atoms with Gasteiger partial charge in [-0.1, -0.05) is 20.8 Å². The number of esters is 1. The van der Waals surface area contributed by atoms with Gasteiger partial charge in [-0.2, -0.15) is 0 Å². The number of rotatable bonds is 7. The molecule has 14 heteroatoms. The van der Waals surface area contributed by atoms with Crippen LogP contribution in [0, 0.1) is 17.8 Å². The van der Waals surface area contributed by atoms with E-state index in [1.54, 1.807) is 41.5 Å². The highest BCUT2D eigenvalue weighted by atomic mass is 16.7. The minimum Gasteiger partial charge on any atom is -0.459 e. The fourth-order valence-corrected chi connectivity index (χ4v) is 8.36. The molecular weight excluding hydrogens is 664 g/mol. The second-order valence-electron chi connectivity index (χ2n) is 16.7. The van der Waals surface area contributed by atoms with Gasteiger partial charge in [0.05, 0.1) is 41.5 Å². The molecule has 3 saturated heterocycles. The van der Waals surface area contributed by atoms with Crippen molar-refractivity contribution in [3.8, 4) is 0 Å². The highest BCUT2D eigenvalue weighted by Gasteiger charge is 2.52. The summed E-state index contributed by atoms with van der Waals surface area (Å²) in [5.74, 6) is -2.60. The number of carbonyl (C=O) groups is 1. The fourth-order valence-electron chi connectivity index (χ4n) is 8.36. The summed E-state index contributed by atoms with van der Waals surface area (Å²) in [5.41, 5.74) is -4.37. The molecule has 18 atom stereocenters. The van der Waals surface area contributed by atoms with Crippen molar-refractivity contribution in [1.82, 2.24) is 10.2 Å². The monoisotopic (exact) mass is 734 g/mol. The standard InChI is InChI=1S/C37H70N2O12/c1-14-26-37(10,45)30(41)23(6)38-18-19(2)16-35(8,44)32(51-34-28(40)25(39(11)12)15-20(3)47-34)21(4)29(22(5)33(43)49-26)50-27-17-36(9,46-13)31(42)24(7)48-27/h19-32,34,38,40-42,44-45H,14-18H2,1-13H3/t19-,20?,21?,22?,23-,24?,25?,26?,27?,28?,29?,30?,31?,32?,34?,35?,36?,37-/m1/s1. The van der Waals surface area contributed by atoms with Crippen LogP contribution in [0.2, 0.25) is 0 Å². The molecule has 0 saturated carbocycles. The van der Waals surface area contributed by atoms with Crippen LogP contribution in [-0.2, 0) is 33.2 Å². The first-order chi connectivity index (χ1) is 23.5. The molecule has 51 heavy (non-hydrogen) atoms. The van der Waals surface area contributed by atoms with Crippen molar-refractivity contribution in [2.45, 2.75) is 185 Å². The van der Waals surface area contributed by atoms with Crippen LogP contribution in [0.1, 0.15) is 94.9 Å². The molecule has 6 N–H and O–H groups in total. The van der Waals surface area contributed by atoms with Crippen LogP contribution >= 0.6 is 0 Å². The molecule has 3 aliphatic rings. The van der Waals surface area contributed by atoms with Crippen molar-refractivity contribution in [2.75, 3.05) is 27.7 Å². The third kappa shape index (κ3) is 10.2. The lowest BCUT2D eigenvalue weighted by Gasteiger charge is -2.48. The minimum atomic E-state index is -1.80. The Labute approximate surface area is 305 Å². The summed E-state index contributed by atoms with van der Waals surface area (Å²) >= 11 is 0. The number of hydrogen-bond acceptors (Lipinski definition) is 14. The molecule has 0 aromatic heterocycles. The number of nitrogens with one attached hydrogen (secondary N) is 1. The summed E-state index contributed by atoms with van der Waals surface area (Å²) in [6.45, 7) is 17.8. The largest absolute Gasteiger partial charge is 0.459 e. The lowest BCUT2D eigenvalue weighted by molar-refractivity contribution is -0.318. The van der Waals surface area contributed by atoms with Gasteiger partial charge in [0.15, 0.2) is 12.6 Å². The van der Waals surface area contributed by atoms with E-state index in [4.69, 9.17) is 28.4 Å². The summed E-state index contributed by atoms with van der Waals surface area (Å²) < 4.78 is 37.4. The summed E-state index contributed by atoms with van der Waals surface area (Å²) in [4.78, 5) is 16.1. The first-order valence-corrected chi connectivity index (χ1v) is 18.8. The lowest BCUT2D eigenvalue weighted by atomic mass is 9.77. The molecule has 0 radical (unpaired) electrons. The Morgan fingerprint density at radius 3 is 2.14 bits per heavy atom. The number of ether oxygens (including phenoxy) is 6. The summed E-state index contributed by atoms with van der Waals surface area (Å²) in [7, 11) is 5.27. The first kappa shape index (κ1) is 44.4. The maximum Gasteiger partial charge on any atom is 0.311 e. The normalized spacial score (nSPS) is 49.9. The second-order valence-corrected chi connectivity index (χ2v) is 16.7. The Bertz CT molecular complexity index is 1110. The van der Waals surface area contributed by atoms with E-state index < -0.39 is 96.0 Å². The van der Waals surface area contributed by atoms with Crippen LogP contribution in [-0.4, -0.2) is 154 Å². The Morgan fingerprint density at radius 2 is 1.57 bits per heavy atom. The Hall–Kier alpha value is -1.01. The molecule has 3 aliphatic heterocycles. The number of nitrogens with zero attached hydrogens (tertiary/aromatic N) is 1. The average Bonchev–Trinajstić information content (AvgIpc) is 3.05. The molecular formula is C37H70N2O12. The molecule has 0 aromatic carbocycles. The number of cyclic esters (lactones) is 1. The zero-order valence-corrected chi connectivity index (χ0v) is 33.2. The Morgan fingerprint density at radius 1 is 0.941 bits per heavy atom. The van der Waals surface area contributed by atoms with E-state index >= 15 is 0 Å². The number of hydrogen-bond donors (Lipinski definition) is 6. The van der Waals surface area contributed by atoms with Crippen molar-refractivity contribution >= 4 is 5.97 Å².